The van der Waals surface area contributed by atoms with Crippen LogP contribution < -0.4 is 16.8 Å². The number of carboxylic acid groups (broad SMARTS) is 1. The summed E-state index contributed by atoms with van der Waals surface area (Å²) in [6, 6.07) is -0.844. The van der Waals surface area contributed by atoms with Gasteiger partial charge in [0.2, 0.25) is 0 Å². The van der Waals surface area contributed by atoms with Crippen LogP contribution in [0.15, 0.2) is 0 Å². The van der Waals surface area contributed by atoms with Crippen molar-refractivity contribution >= 4 is 11.9 Å². The third-order valence-electron chi connectivity index (χ3n) is 1.61. The molecule has 6 heteroatoms. The molecule has 13 heavy (non-hydrogen) atoms. The smallest absolute Gasteiger partial charge is 0.320 e. The fraction of sp³-hybridized carbons (Fsp3) is 0.714. The summed E-state index contributed by atoms with van der Waals surface area (Å²) >= 11 is 0. The number of guanidine groups is 1. The van der Waals surface area contributed by atoms with E-state index >= 15 is 0 Å². The molecule has 0 aliphatic carbocycles. The highest BCUT2D eigenvalue weighted by Crippen LogP contribution is 2.02. The fourth-order valence-corrected chi connectivity index (χ4v) is 0.902. The van der Waals surface area contributed by atoms with E-state index in [0.29, 0.717) is 13.0 Å². The lowest BCUT2D eigenvalue weighted by Crippen LogP contribution is -2.37. The first-order valence-corrected chi connectivity index (χ1v) is 3.99. The van der Waals surface area contributed by atoms with Crippen LogP contribution in [0.4, 0.5) is 0 Å². The number of carboxylic acids is 1. The van der Waals surface area contributed by atoms with Crippen LogP contribution in [0.1, 0.15) is 13.3 Å². The van der Waals surface area contributed by atoms with E-state index in [-0.39, 0.29) is 11.9 Å². The molecule has 1 unspecified atom stereocenters. The van der Waals surface area contributed by atoms with E-state index < -0.39 is 12.0 Å². The summed E-state index contributed by atoms with van der Waals surface area (Å²) in [5.41, 5.74) is 10.4. The Morgan fingerprint density at radius 3 is 2.62 bits per heavy atom. The van der Waals surface area contributed by atoms with Crippen molar-refractivity contribution < 1.29 is 9.90 Å². The van der Waals surface area contributed by atoms with E-state index in [0.717, 1.165) is 0 Å². The van der Waals surface area contributed by atoms with Gasteiger partial charge in [-0.25, -0.2) is 0 Å². The van der Waals surface area contributed by atoms with Crippen LogP contribution in [0.2, 0.25) is 0 Å². The monoisotopic (exact) mass is 188 g/mol. The van der Waals surface area contributed by atoms with Crippen LogP contribution in [0.25, 0.3) is 0 Å². The average molecular weight is 188 g/mol. The Morgan fingerprint density at radius 1 is 1.69 bits per heavy atom. The molecule has 0 aromatic rings. The highest BCUT2D eigenvalue weighted by Gasteiger charge is 2.15. The van der Waals surface area contributed by atoms with E-state index in [2.05, 4.69) is 5.32 Å². The van der Waals surface area contributed by atoms with Crippen LogP contribution in [0.3, 0.4) is 0 Å². The van der Waals surface area contributed by atoms with Crippen molar-refractivity contribution in [2.45, 2.75) is 19.4 Å². The summed E-state index contributed by atoms with van der Waals surface area (Å²) in [7, 11) is 0. The first kappa shape index (κ1) is 11.7. The van der Waals surface area contributed by atoms with Gasteiger partial charge in [-0.05, 0) is 12.3 Å². The number of rotatable bonds is 5. The van der Waals surface area contributed by atoms with Crippen molar-refractivity contribution in [3.8, 4) is 0 Å². The maximum atomic E-state index is 10.4. The zero-order valence-electron chi connectivity index (χ0n) is 7.58. The van der Waals surface area contributed by atoms with Crippen molar-refractivity contribution in [1.82, 2.24) is 5.32 Å². The zero-order valence-corrected chi connectivity index (χ0v) is 7.58. The molecule has 2 atom stereocenters. The highest BCUT2D eigenvalue weighted by molar-refractivity contribution is 5.74. The minimum absolute atomic E-state index is 0.0787. The van der Waals surface area contributed by atoms with Crippen LogP contribution >= 0.6 is 0 Å². The van der Waals surface area contributed by atoms with E-state index in [4.69, 9.17) is 22.0 Å². The van der Waals surface area contributed by atoms with Gasteiger partial charge in [-0.15, -0.1) is 0 Å². The molecule has 76 valence electrons. The molecule has 7 N–H and O–H groups in total. The van der Waals surface area contributed by atoms with Crippen molar-refractivity contribution in [3.05, 3.63) is 0 Å². The Bertz CT molecular complexity index is 195. The van der Waals surface area contributed by atoms with Crippen molar-refractivity contribution in [2.75, 3.05) is 6.54 Å². The lowest BCUT2D eigenvalue weighted by molar-refractivity contribution is -0.138. The number of hydrogen-bond donors (Lipinski definition) is 5. The van der Waals surface area contributed by atoms with Crippen LogP contribution in [0, 0.1) is 11.3 Å². The van der Waals surface area contributed by atoms with Gasteiger partial charge in [0.1, 0.15) is 6.04 Å². The molecule has 0 rings (SSSR count). The Balaban J connectivity index is 3.67. The van der Waals surface area contributed by atoms with Crippen LogP contribution in [-0.2, 0) is 4.79 Å². The first-order chi connectivity index (χ1) is 5.93. The molecule has 0 heterocycles. The van der Waals surface area contributed by atoms with E-state index in [1.54, 1.807) is 0 Å². The number of nitrogens with one attached hydrogen (secondary N) is 2. The van der Waals surface area contributed by atoms with E-state index in [1.807, 2.05) is 6.92 Å². The maximum absolute atomic E-state index is 10.4. The molecular weight excluding hydrogens is 172 g/mol. The van der Waals surface area contributed by atoms with Gasteiger partial charge in [-0.2, -0.15) is 0 Å². The number of hydrogen-bond acceptors (Lipinski definition) is 3. The third kappa shape index (κ3) is 5.92. The fourth-order valence-electron chi connectivity index (χ4n) is 0.902. The predicted molar refractivity (Wildman–Crippen MR) is 49.3 cm³/mol. The lowest BCUT2D eigenvalue weighted by Gasteiger charge is -2.14. The molecule has 0 bridgehead atoms. The minimum Gasteiger partial charge on any atom is -0.480 e. The summed E-state index contributed by atoms with van der Waals surface area (Å²) in [5.74, 6) is -1.04. The van der Waals surface area contributed by atoms with Crippen LogP contribution in [-0.4, -0.2) is 29.6 Å². The summed E-state index contributed by atoms with van der Waals surface area (Å²) in [4.78, 5) is 10.4. The molecule has 0 aromatic carbocycles. The van der Waals surface area contributed by atoms with E-state index in [1.165, 1.54) is 0 Å². The second-order valence-electron chi connectivity index (χ2n) is 3.08. The van der Waals surface area contributed by atoms with Crippen molar-refractivity contribution in [3.63, 3.8) is 0 Å². The molecule has 0 fully saturated rings. The Morgan fingerprint density at radius 2 is 2.23 bits per heavy atom. The van der Waals surface area contributed by atoms with Gasteiger partial charge >= 0.3 is 5.97 Å². The Hall–Kier alpha value is -1.30. The Kier molecular flexibility index (Phi) is 4.83. The largest absolute Gasteiger partial charge is 0.480 e. The van der Waals surface area contributed by atoms with Gasteiger partial charge in [-0.3, -0.25) is 10.2 Å². The summed E-state index contributed by atoms with van der Waals surface area (Å²) < 4.78 is 0. The van der Waals surface area contributed by atoms with Gasteiger partial charge < -0.3 is 21.9 Å². The van der Waals surface area contributed by atoms with Crippen LogP contribution in [0.5, 0.6) is 0 Å². The molecule has 0 saturated heterocycles. The number of carbonyl (C=O) groups is 1. The lowest BCUT2D eigenvalue weighted by atomic mass is 10.0. The minimum atomic E-state index is -1.00. The Labute approximate surface area is 76.8 Å². The van der Waals surface area contributed by atoms with Gasteiger partial charge in [0, 0.05) is 6.54 Å². The topological polar surface area (TPSA) is 125 Å². The van der Waals surface area contributed by atoms with Gasteiger partial charge in [0.15, 0.2) is 5.96 Å². The van der Waals surface area contributed by atoms with Gasteiger partial charge in [0.05, 0.1) is 0 Å². The molecule has 0 spiro atoms. The quantitative estimate of drug-likeness (QED) is 0.277. The summed E-state index contributed by atoms with van der Waals surface area (Å²) in [6.45, 7) is 2.31. The zero-order chi connectivity index (χ0) is 10.4. The first-order valence-electron chi connectivity index (χ1n) is 3.99. The summed E-state index contributed by atoms with van der Waals surface area (Å²) in [5, 5.41) is 18.0. The second kappa shape index (κ2) is 5.36. The third-order valence-corrected chi connectivity index (χ3v) is 1.61. The van der Waals surface area contributed by atoms with Gasteiger partial charge in [-0.1, -0.05) is 6.92 Å². The van der Waals surface area contributed by atoms with Crippen molar-refractivity contribution in [2.24, 2.45) is 17.4 Å². The number of aliphatic carboxylic acids is 1. The molecule has 6 nitrogen and oxygen atoms in total. The summed E-state index contributed by atoms with van der Waals surface area (Å²) in [6.07, 6.45) is 0.371. The molecular formula is C7H16N4O2. The highest BCUT2D eigenvalue weighted by atomic mass is 16.4. The van der Waals surface area contributed by atoms with Gasteiger partial charge in [0.25, 0.3) is 0 Å². The average Bonchev–Trinajstić information content (AvgIpc) is 2.00. The molecule has 0 radical (unpaired) electrons. The molecule has 0 amide bonds. The molecule has 0 aromatic heterocycles. The van der Waals surface area contributed by atoms with E-state index in [9.17, 15) is 4.79 Å². The molecule has 0 saturated carbocycles. The molecule has 0 aliphatic rings. The second-order valence-corrected chi connectivity index (χ2v) is 3.08. The SMILES string of the molecule is CC(CNC(=N)N)C[C@@H](N)C(=O)O. The predicted octanol–water partition coefficient (Wildman–Crippen LogP) is -1.09. The maximum Gasteiger partial charge on any atom is 0.320 e. The standard InChI is InChI=1S/C7H16N4O2/c1-4(3-11-7(9)10)2-5(8)6(12)13/h4-5H,2-3,8H2,1H3,(H,12,13)(H4,9,10,11)/t4?,5-/m1/s1. The number of nitrogens with two attached hydrogens (primary N) is 2. The normalized spacial score (nSPS) is 14.6. The molecule has 0 aliphatic heterocycles. The van der Waals surface area contributed by atoms with Crippen molar-refractivity contribution in [1.29, 1.82) is 5.41 Å².